The van der Waals surface area contributed by atoms with Gasteiger partial charge in [0.1, 0.15) is 5.60 Å². The Morgan fingerprint density at radius 3 is 2.67 bits per heavy atom. The van der Waals surface area contributed by atoms with Crippen molar-refractivity contribution < 1.29 is 9.53 Å². The summed E-state index contributed by atoms with van der Waals surface area (Å²) < 4.78 is 7.47. The maximum atomic E-state index is 12.1. The van der Waals surface area contributed by atoms with Gasteiger partial charge in [-0.1, -0.05) is 12.1 Å². The van der Waals surface area contributed by atoms with Crippen LogP contribution in [0.2, 0.25) is 0 Å². The summed E-state index contributed by atoms with van der Waals surface area (Å²) >= 11 is 3.44. The van der Waals surface area contributed by atoms with Crippen molar-refractivity contribution in [1.82, 2.24) is 9.78 Å². The molecule has 0 atom stereocenters. The van der Waals surface area contributed by atoms with Crippen LogP contribution in [0.4, 0.5) is 4.79 Å². The third-order valence-electron chi connectivity index (χ3n) is 2.40. The van der Waals surface area contributed by atoms with E-state index in [1.165, 1.54) is 4.68 Å². The first-order valence-electron chi connectivity index (χ1n) is 5.67. The highest BCUT2D eigenvalue weighted by atomic mass is 79.9. The molecule has 0 radical (unpaired) electrons. The van der Waals surface area contributed by atoms with Crippen molar-refractivity contribution in [2.24, 2.45) is 0 Å². The van der Waals surface area contributed by atoms with E-state index in [0.29, 0.717) is 0 Å². The van der Waals surface area contributed by atoms with Crippen LogP contribution >= 0.6 is 15.9 Å². The molecule has 5 heteroatoms. The highest BCUT2D eigenvalue weighted by Crippen LogP contribution is 2.26. The number of benzene rings is 1. The van der Waals surface area contributed by atoms with Gasteiger partial charge in [0.2, 0.25) is 0 Å². The van der Waals surface area contributed by atoms with Crippen molar-refractivity contribution in [1.29, 1.82) is 0 Å². The number of hydrogen-bond acceptors (Lipinski definition) is 3. The molecule has 1 heterocycles. The largest absolute Gasteiger partial charge is 0.442 e. The molecule has 0 saturated heterocycles. The van der Waals surface area contributed by atoms with E-state index in [1.807, 2.05) is 45.9 Å². The average Bonchev–Trinajstić information content (AvgIpc) is 2.56. The lowest BCUT2D eigenvalue weighted by atomic mass is 10.2. The van der Waals surface area contributed by atoms with Gasteiger partial charge in [0.25, 0.3) is 0 Å². The highest BCUT2D eigenvalue weighted by molar-refractivity contribution is 9.10. The lowest BCUT2D eigenvalue weighted by molar-refractivity contribution is 0.0522. The second-order valence-electron chi connectivity index (χ2n) is 5.11. The summed E-state index contributed by atoms with van der Waals surface area (Å²) in [6.45, 7) is 7.37. The number of aromatic nitrogens is 2. The molecule has 2 rings (SSSR count). The Kier molecular flexibility index (Phi) is 3.19. The molecule has 0 spiro atoms. The number of hydrogen-bond donors (Lipinski definition) is 0. The maximum Gasteiger partial charge on any atom is 0.435 e. The van der Waals surface area contributed by atoms with E-state index in [0.717, 1.165) is 21.1 Å². The predicted molar refractivity (Wildman–Crippen MR) is 73.8 cm³/mol. The number of nitrogens with zero attached hydrogens (tertiary/aromatic N) is 2. The monoisotopic (exact) mass is 310 g/mol. The Morgan fingerprint density at radius 2 is 2.06 bits per heavy atom. The van der Waals surface area contributed by atoms with E-state index < -0.39 is 11.7 Å². The van der Waals surface area contributed by atoms with E-state index >= 15 is 0 Å². The molecule has 0 saturated carbocycles. The Morgan fingerprint density at radius 1 is 1.39 bits per heavy atom. The van der Waals surface area contributed by atoms with Gasteiger partial charge in [-0.2, -0.15) is 9.78 Å². The number of rotatable bonds is 0. The second-order valence-corrected chi connectivity index (χ2v) is 5.97. The molecule has 0 unspecified atom stereocenters. The van der Waals surface area contributed by atoms with E-state index in [2.05, 4.69) is 21.0 Å². The minimum atomic E-state index is -0.537. The number of carbonyl (C=O) groups is 1. The number of carbonyl (C=O) groups excluding carboxylic acids is 1. The SMILES string of the molecule is Cc1nn(C(=O)OC(C)(C)C)c2c(Br)cccc12. The molecule has 96 valence electrons. The topological polar surface area (TPSA) is 44.1 Å². The number of aryl methyl sites for hydroxylation is 1. The standard InChI is InChI=1S/C13H15BrN2O2/c1-8-9-6-5-7-10(14)11(9)16(15-8)12(17)18-13(2,3)4/h5-7H,1-4H3. The van der Waals surface area contributed by atoms with Crippen molar-refractivity contribution in [3.63, 3.8) is 0 Å². The molecular weight excluding hydrogens is 296 g/mol. The van der Waals surface area contributed by atoms with Crippen LogP contribution in [0, 0.1) is 6.92 Å². The van der Waals surface area contributed by atoms with Crippen LogP contribution in [-0.4, -0.2) is 21.5 Å². The summed E-state index contributed by atoms with van der Waals surface area (Å²) in [6.07, 6.45) is -0.465. The first-order valence-corrected chi connectivity index (χ1v) is 6.46. The van der Waals surface area contributed by atoms with E-state index in [9.17, 15) is 4.79 Å². The maximum absolute atomic E-state index is 12.1. The zero-order valence-corrected chi connectivity index (χ0v) is 12.4. The zero-order chi connectivity index (χ0) is 13.5. The molecule has 18 heavy (non-hydrogen) atoms. The van der Waals surface area contributed by atoms with Crippen molar-refractivity contribution in [3.05, 3.63) is 28.4 Å². The predicted octanol–water partition coefficient (Wildman–Crippen LogP) is 3.89. The minimum absolute atomic E-state index is 0.465. The molecule has 0 fully saturated rings. The Labute approximate surface area is 114 Å². The lowest BCUT2D eigenvalue weighted by Gasteiger charge is -2.19. The Bertz CT molecular complexity index is 611. The van der Waals surface area contributed by atoms with Gasteiger partial charge < -0.3 is 4.74 Å². The molecular formula is C13H15BrN2O2. The van der Waals surface area contributed by atoms with Gasteiger partial charge in [-0.15, -0.1) is 0 Å². The van der Waals surface area contributed by atoms with Crippen molar-refractivity contribution in [2.75, 3.05) is 0 Å². The van der Waals surface area contributed by atoms with Gasteiger partial charge >= 0.3 is 6.09 Å². The molecule has 2 aromatic rings. The Hall–Kier alpha value is -1.36. The molecule has 1 aromatic carbocycles. The number of para-hydroxylation sites is 1. The van der Waals surface area contributed by atoms with Gasteiger partial charge in [0, 0.05) is 9.86 Å². The van der Waals surface area contributed by atoms with Crippen LogP contribution < -0.4 is 0 Å². The molecule has 0 aliphatic heterocycles. The molecule has 0 amide bonds. The average molecular weight is 311 g/mol. The molecule has 0 N–H and O–H groups in total. The minimum Gasteiger partial charge on any atom is -0.442 e. The van der Waals surface area contributed by atoms with Gasteiger partial charge in [0.05, 0.1) is 11.2 Å². The summed E-state index contributed by atoms with van der Waals surface area (Å²) in [5.41, 5.74) is 1.01. The summed E-state index contributed by atoms with van der Waals surface area (Å²) in [4.78, 5) is 12.1. The van der Waals surface area contributed by atoms with Gasteiger partial charge in [-0.05, 0) is 49.7 Å². The first-order chi connectivity index (χ1) is 8.29. The molecule has 0 bridgehead atoms. The quantitative estimate of drug-likeness (QED) is 0.741. The summed E-state index contributed by atoms with van der Waals surface area (Å²) in [7, 11) is 0. The van der Waals surface area contributed by atoms with Crippen molar-refractivity contribution in [2.45, 2.75) is 33.3 Å². The van der Waals surface area contributed by atoms with Crippen LogP contribution in [0.3, 0.4) is 0 Å². The third kappa shape index (κ3) is 2.41. The van der Waals surface area contributed by atoms with Crippen LogP contribution in [0.25, 0.3) is 10.9 Å². The second kappa shape index (κ2) is 4.39. The lowest BCUT2D eigenvalue weighted by Crippen LogP contribution is -2.27. The Balaban J connectivity index is 2.55. The third-order valence-corrected chi connectivity index (χ3v) is 3.04. The molecule has 1 aromatic heterocycles. The van der Waals surface area contributed by atoms with E-state index in [4.69, 9.17) is 4.74 Å². The molecule has 0 aliphatic carbocycles. The number of fused-ring (bicyclic) bond motifs is 1. The zero-order valence-electron chi connectivity index (χ0n) is 10.8. The first kappa shape index (κ1) is 13.1. The molecule has 0 aliphatic rings. The van der Waals surface area contributed by atoms with E-state index in [1.54, 1.807) is 0 Å². The van der Waals surface area contributed by atoms with Gasteiger partial charge in [0.15, 0.2) is 0 Å². The van der Waals surface area contributed by atoms with Crippen LogP contribution in [0.5, 0.6) is 0 Å². The fourth-order valence-electron chi connectivity index (χ4n) is 1.71. The highest BCUT2D eigenvalue weighted by Gasteiger charge is 2.22. The fourth-order valence-corrected chi connectivity index (χ4v) is 2.25. The molecule has 4 nitrogen and oxygen atoms in total. The number of halogens is 1. The van der Waals surface area contributed by atoms with Crippen LogP contribution in [-0.2, 0) is 4.74 Å². The smallest absolute Gasteiger partial charge is 0.435 e. The summed E-state index contributed by atoms with van der Waals surface area (Å²) in [5, 5.41) is 5.19. The normalized spacial score (nSPS) is 11.8. The fraction of sp³-hybridized carbons (Fsp3) is 0.385. The van der Waals surface area contributed by atoms with Crippen molar-refractivity contribution >= 4 is 32.9 Å². The number of ether oxygens (including phenoxy) is 1. The van der Waals surface area contributed by atoms with Gasteiger partial charge in [-0.3, -0.25) is 0 Å². The summed E-state index contributed by atoms with van der Waals surface area (Å²) in [6, 6.07) is 5.73. The van der Waals surface area contributed by atoms with Crippen LogP contribution in [0.1, 0.15) is 26.5 Å². The summed E-state index contributed by atoms with van der Waals surface area (Å²) in [5.74, 6) is 0. The van der Waals surface area contributed by atoms with Gasteiger partial charge in [-0.25, -0.2) is 4.79 Å². The van der Waals surface area contributed by atoms with Crippen LogP contribution in [0.15, 0.2) is 22.7 Å². The van der Waals surface area contributed by atoms with Crippen molar-refractivity contribution in [3.8, 4) is 0 Å². The van der Waals surface area contributed by atoms with E-state index in [-0.39, 0.29) is 0 Å².